The number of rotatable bonds is 5. The molecule has 0 aliphatic carbocycles. The predicted octanol–water partition coefficient (Wildman–Crippen LogP) is 0.871. The zero-order valence-corrected chi connectivity index (χ0v) is 12.2. The van der Waals surface area contributed by atoms with Crippen LogP contribution in [0.2, 0.25) is 0 Å². The van der Waals surface area contributed by atoms with Gasteiger partial charge in [-0.1, -0.05) is 30.3 Å². The first-order chi connectivity index (χ1) is 9.37. The van der Waals surface area contributed by atoms with E-state index in [4.69, 9.17) is 5.73 Å². The fraction of sp³-hybridized carbons (Fsp3) is 0.308. The van der Waals surface area contributed by atoms with E-state index in [2.05, 4.69) is 14.7 Å². The Hall–Kier alpha value is -1.70. The molecule has 0 spiro atoms. The van der Waals surface area contributed by atoms with Crippen LogP contribution in [0.3, 0.4) is 0 Å². The van der Waals surface area contributed by atoms with Gasteiger partial charge < -0.3 is 10.7 Å². The molecule has 6 nitrogen and oxygen atoms in total. The van der Waals surface area contributed by atoms with Gasteiger partial charge >= 0.3 is 0 Å². The van der Waals surface area contributed by atoms with Crippen LogP contribution in [0.4, 0.5) is 0 Å². The fourth-order valence-electron chi connectivity index (χ4n) is 1.91. The fourth-order valence-corrected chi connectivity index (χ4v) is 3.29. The van der Waals surface area contributed by atoms with Gasteiger partial charge in [0.05, 0.1) is 11.7 Å². The van der Waals surface area contributed by atoms with Gasteiger partial charge in [-0.15, -0.1) is 0 Å². The molecule has 0 aliphatic rings. The molecule has 20 heavy (non-hydrogen) atoms. The standard InChI is InChI=1S/C13H18N4O2S/c1-10-15-8-12(16-10)20(18,19)17-13(2,9-14)11-6-4-3-5-7-11/h3-8,17H,9,14H2,1-2H3,(H,15,16). The number of sulfonamides is 1. The van der Waals surface area contributed by atoms with Crippen molar-refractivity contribution in [1.29, 1.82) is 0 Å². The van der Waals surface area contributed by atoms with Crippen molar-refractivity contribution < 1.29 is 8.42 Å². The molecule has 0 radical (unpaired) electrons. The monoisotopic (exact) mass is 294 g/mol. The molecule has 4 N–H and O–H groups in total. The molecule has 1 unspecified atom stereocenters. The summed E-state index contributed by atoms with van der Waals surface area (Å²) < 4.78 is 27.4. The highest BCUT2D eigenvalue weighted by Crippen LogP contribution is 2.22. The van der Waals surface area contributed by atoms with Crippen LogP contribution in [0.1, 0.15) is 18.3 Å². The number of aromatic amines is 1. The van der Waals surface area contributed by atoms with Crippen molar-refractivity contribution in [3.8, 4) is 0 Å². The van der Waals surface area contributed by atoms with Gasteiger partial charge in [-0.25, -0.2) is 13.4 Å². The summed E-state index contributed by atoms with van der Waals surface area (Å²) in [5.74, 6) is 0.541. The summed E-state index contributed by atoms with van der Waals surface area (Å²) in [7, 11) is -3.71. The van der Waals surface area contributed by atoms with Crippen LogP contribution in [-0.2, 0) is 15.6 Å². The van der Waals surface area contributed by atoms with Crippen molar-refractivity contribution in [3.05, 3.63) is 47.9 Å². The average Bonchev–Trinajstić information content (AvgIpc) is 2.87. The van der Waals surface area contributed by atoms with E-state index in [0.717, 1.165) is 5.56 Å². The number of benzene rings is 1. The number of imidazole rings is 1. The van der Waals surface area contributed by atoms with Crippen molar-refractivity contribution in [2.24, 2.45) is 5.73 Å². The summed E-state index contributed by atoms with van der Waals surface area (Å²) in [6.45, 7) is 3.59. The molecule has 0 aliphatic heterocycles. The van der Waals surface area contributed by atoms with Crippen LogP contribution >= 0.6 is 0 Å². The molecule has 1 heterocycles. The van der Waals surface area contributed by atoms with E-state index in [0.29, 0.717) is 5.82 Å². The number of H-pyrrole nitrogens is 1. The summed E-state index contributed by atoms with van der Waals surface area (Å²) >= 11 is 0. The lowest BCUT2D eigenvalue weighted by atomic mass is 9.94. The Morgan fingerprint density at radius 1 is 1.35 bits per heavy atom. The van der Waals surface area contributed by atoms with Gasteiger partial charge in [-0.2, -0.15) is 4.72 Å². The first kappa shape index (κ1) is 14.7. The average molecular weight is 294 g/mol. The molecule has 1 aromatic heterocycles. The quantitative estimate of drug-likeness (QED) is 0.761. The maximum atomic E-state index is 12.4. The van der Waals surface area contributed by atoms with Gasteiger partial charge in [-0.3, -0.25) is 0 Å². The number of nitrogens with one attached hydrogen (secondary N) is 2. The third kappa shape index (κ3) is 2.90. The number of nitrogens with two attached hydrogens (primary N) is 1. The van der Waals surface area contributed by atoms with Gasteiger partial charge in [0.2, 0.25) is 0 Å². The molecule has 7 heteroatoms. The van der Waals surface area contributed by atoms with Crippen LogP contribution in [0, 0.1) is 6.92 Å². The Morgan fingerprint density at radius 3 is 2.50 bits per heavy atom. The Kier molecular flexibility index (Phi) is 3.94. The van der Waals surface area contributed by atoms with E-state index in [1.807, 2.05) is 30.3 Å². The highest BCUT2D eigenvalue weighted by molar-refractivity contribution is 7.89. The van der Waals surface area contributed by atoms with Crippen LogP contribution in [-0.4, -0.2) is 24.9 Å². The summed E-state index contributed by atoms with van der Waals surface area (Å²) in [5, 5.41) is 0.0330. The molecule has 0 bridgehead atoms. The second kappa shape index (κ2) is 5.35. The second-order valence-electron chi connectivity index (χ2n) is 4.84. The zero-order chi connectivity index (χ0) is 14.8. The molecule has 0 amide bonds. The first-order valence-electron chi connectivity index (χ1n) is 6.18. The molecule has 1 atom stereocenters. The van der Waals surface area contributed by atoms with Gasteiger partial charge in [0.1, 0.15) is 5.82 Å². The SMILES string of the molecule is Cc1ncc(S(=O)(=O)NC(C)(CN)c2ccccc2)[nH]1. The number of aryl methyl sites for hydroxylation is 1. The van der Waals surface area contributed by atoms with E-state index in [-0.39, 0.29) is 11.6 Å². The summed E-state index contributed by atoms with van der Waals surface area (Å²) in [5.41, 5.74) is 5.71. The van der Waals surface area contributed by atoms with Crippen molar-refractivity contribution in [1.82, 2.24) is 14.7 Å². The molecule has 1 aromatic carbocycles. The summed E-state index contributed by atoms with van der Waals surface area (Å²) in [6.07, 6.45) is 1.29. The predicted molar refractivity (Wildman–Crippen MR) is 76.5 cm³/mol. The second-order valence-corrected chi connectivity index (χ2v) is 6.49. The topological polar surface area (TPSA) is 101 Å². The molecular formula is C13H18N4O2S. The lowest BCUT2D eigenvalue weighted by molar-refractivity contribution is 0.440. The third-order valence-electron chi connectivity index (χ3n) is 3.15. The van der Waals surface area contributed by atoms with E-state index in [1.54, 1.807) is 13.8 Å². The van der Waals surface area contributed by atoms with Gasteiger partial charge in [-0.05, 0) is 19.4 Å². The smallest absolute Gasteiger partial charge is 0.258 e. The number of hydrogen-bond acceptors (Lipinski definition) is 4. The lowest BCUT2D eigenvalue weighted by Gasteiger charge is -2.29. The molecule has 2 aromatic rings. The van der Waals surface area contributed by atoms with E-state index in [1.165, 1.54) is 6.20 Å². The van der Waals surface area contributed by atoms with Crippen LogP contribution < -0.4 is 10.5 Å². The van der Waals surface area contributed by atoms with E-state index < -0.39 is 15.6 Å². The summed E-state index contributed by atoms with van der Waals surface area (Å²) in [4.78, 5) is 6.62. The molecule has 2 rings (SSSR count). The van der Waals surface area contributed by atoms with E-state index >= 15 is 0 Å². The Balaban J connectivity index is 2.35. The zero-order valence-electron chi connectivity index (χ0n) is 11.4. The minimum Gasteiger partial charge on any atom is -0.332 e. The lowest BCUT2D eigenvalue weighted by Crippen LogP contribution is -2.48. The van der Waals surface area contributed by atoms with Crippen molar-refractivity contribution in [3.63, 3.8) is 0 Å². The maximum Gasteiger partial charge on any atom is 0.258 e. The Bertz CT molecular complexity index is 681. The Morgan fingerprint density at radius 2 is 2.00 bits per heavy atom. The third-order valence-corrected chi connectivity index (χ3v) is 4.65. The molecule has 0 saturated carbocycles. The highest BCUT2D eigenvalue weighted by atomic mass is 32.2. The van der Waals surface area contributed by atoms with Crippen LogP contribution in [0.5, 0.6) is 0 Å². The molecule has 0 fully saturated rings. The Labute approximate surface area is 118 Å². The van der Waals surface area contributed by atoms with Crippen molar-refractivity contribution >= 4 is 10.0 Å². The van der Waals surface area contributed by atoms with E-state index in [9.17, 15) is 8.42 Å². The van der Waals surface area contributed by atoms with Crippen LogP contribution in [0.25, 0.3) is 0 Å². The summed E-state index contributed by atoms with van der Waals surface area (Å²) in [6, 6.07) is 9.24. The highest BCUT2D eigenvalue weighted by Gasteiger charge is 2.31. The first-order valence-corrected chi connectivity index (χ1v) is 7.67. The normalized spacial score (nSPS) is 14.9. The van der Waals surface area contributed by atoms with Crippen LogP contribution in [0.15, 0.2) is 41.6 Å². The van der Waals surface area contributed by atoms with Gasteiger partial charge in [0.25, 0.3) is 10.0 Å². The van der Waals surface area contributed by atoms with Gasteiger partial charge in [0, 0.05) is 6.54 Å². The molecular weight excluding hydrogens is 276 g/mol. The number of nitrogens with zero attached hydrogens (tertiary/aromatic N) is 1. The minimum atomic E-state index is -3.71. The van der Waals surface area contributed by atoms with Crippen molar-refractivity contribution in [2.75, 3.05) is 6.54 Å². The number of hydrogen-bond donors (Lipinski definition) is 3. The maximum absolute atomic E-state index is 12.4. The molecule has 108 valence electrons. The van der Waals surface area contributed by atoms with Gasteiger partial charge in [0.15, 0.2) is 5.03 Å². The largest absolute Gasteiger partial charge is 0.332 e. The number of aromatic nitrogens is 2. The molecule has 0 saturated heterocycles. The minimum absolute atomic E-state index is 0.0330. The van der Waals surface area contributed by atoms with Crippen molar-refractivity contribution in [2.45, 2.75) is 24.4 Å².